The maximum Gasteiger partial charge on any atom is 0.223 e. The van der Waals surface area contributed by atoms with E-state index in [1.807, 2.05) is 0 Å². The molecule has 0 saturated carbocycles. The second-order valence-electron chi connectivity index (χ2n) is 4.78. The second-order valence-corrected chi connectivity index (χ2v) is 4.78. The van der Waals surface area contributed by atoms with Crippen molar-refractivity contribution in [3.05, 3.63) is 6.07 Å². The Bertz CT molecular complexity index is 473. The number of carbonyl (C=O) groups is 1. The highest BCUT2D eigenvalue weighted by Crippen LogP contribution is 2.23. The summed E-state index contributed by atoms with van der Waals surface area (Å²) in [6.07, 6.45) is 1.44. The lowest BCUT2D eigenvalue weighted by atomic mass is 9.96. The number of nitrogens with two attached hydrogens (primary N) is 2. The molecule has 110 valence electrons. The van der Waals surface area contributed by atoms with Crippen molar-refractivity contribution in [3.63, 3.8) is 0 Å². The van der Waals surface area contributed by atoms with E-state index in [2.05, 4.69) is 20.2 Å². The summed E-state index contributed by atoms with van der Waals surface area (Å²) in [5.74, 6) is 1.19. The number of carbonyl (C=O) groups excluding carboxylic acids is 1. The zero-order chi connectivity index (χ0) is 14.5. The van der Waals surface area contributed by atoms with Gasteiger partial charge in [-0.05, 0) is 12.8 Å². The summed E-state index contributed by atoms with van der Waals surface area (Å²) in [5, 5.41) is 11.8. The molecule has 0 aromatic carbocycles. The van der Waals surface area contributed by atoms with E-state index in [4.69, 9.17) is 16.6 Å². The summed E-state index contributed by atoms with van der Waals surface area (Å²) in [6.45, 7) is 1.84. The van der Waals surface area contributed by atoms with Crippen LogP contribution in [0, 0.1) is 5.92 Å². The quantitative estimate of drug-likeness (QED) is 0.553. The number of nitrogens with one attached hydrogen (secondary N) is 1. The van der Waals surface area contributed by atoms with Gasteiger partial charge in [0.15, 0.2) is 0 Å². The molecular formula is C12H20N6O2. The van der Waals surface area contributed by atoms with Crippen LogP contribution in [0.15, 0.2) is 6.07 Å². The number of aliphatic hydroxyl groups is 1. The van der Waals surface area contributed by atoms with Crippen LogP contribution in [0.1, 0.15) is 12.8 Å². The Morgan fingerprint density at radius 1 is 1.45 bits per heavy atom. The van der Waals surface area contributed by atoms with Gasteiger partial charge in [-0.15, -0.1) is 0 Å². The highest BCUT2D eigenvalue weighted by atomic mass is 16.3. The molecule has 0 radical (unpaired) electrons. The van der Waals surface area contributed by atoms with Gasteiger partial charge in [0, 0.05) is 31.6 Å². The van der Waals surface area contributed by atoms with Crippen molar-refractivity contribution in [1.29, 1.82) is 0 Å². The molecule has 8 heteroatoms. The molecule has 1 fully saturated rings. The predicted octanol–water partition coefficient (Wildman–Crippen LogP) is -0.835. The highest BCUT2D eigenvalue weighted by Gasteiger charge is 2.24. The molecule has 8 nitrogen and oxygen atoms in total. The van der Waals surface area contributed by atoms with E-state index < -0.39 is 0 Å². The second kappa shape index (κ2) is 6.38. The van der Waals surface area contributed by atoms with E-state index in [-0.39, 0.29) is 24.4 Å². The van der Waals surface area contributed by atoms with Gasteiger partial charge in [0.25, 0.3) is 0 Å². The number of amides is 1. The normalized spacial score (nSPS) is 16.1. The standard InChI is InChI=1S/C12H20N6O2/c13-11(20)8-1-4-18(5-2-8)10-7-9(15-3-6-19)16-12(14)17-10/h7-8,19H,1-6H2,(H2,13,20)(H3,14,15,16,17). The third-order valence-corrected chi connectivity index (χ3v) is 3.37. The minimum absolute atomic E-state index is 0.0171. The van der Waals surface area contributed by atoms with Gasteiger partial charge in [0.05, 0.1) is 6.61 Å². The third kappa shape index (κ3) is 3.47. The highest BCUT2D eigenvalue weighted by molar-refractivity contribution is 5.77. The van der Waals surface area contributed by atoms with Gasteiger partial charge in [-0.3, -0.25) is 4.79 Å². The Morgan fingerprint density at radius 2 is 2.15 bits per heavy atom. The number of nitrogen functional groups attached to an aromatic ring is 1. The van der Waals surface area contributed by atoms with Crippen molar-refractivity contribution in [2.24, 2.45) is 11.7 Å². The monoisotopic (exact) mass is 280 g/mol. The molecule has 0 aliphatic carbocycles. The number of aliphatic hydroxyl groups excluding tert-OH is 1. The van der Waals surface area contributed by atoms with Crippen LogP contribution in [-0.4, -0.2) is 47.2 Å². The van der Waals surface area contributed by atoms with Crippen LogP contribution in [0.25, 0.3) is 0 Å². The molecule has 1 aliphatic heterocycles. The van der Waals surface area contributed by atoms with E-state index in [1.54, 1.807) is 6.07 Å². The molecule has 0 atom stereocenters. The fourth-order valence-corrected chi connectivity index (χ4v) is 2.28. The van der Waals surface area contributed by atoms with Gasteiger partial charge in [0.2, 0.25) is 11.9 Å². The van der Waals surface area contributed by atoms with Crippen LogP contribution in [0.2, 0.25) is 0 Å². The van der Waals surface area contributed by atoms with Crippen molar-refractivity contribution in [2.75, 3.05) is 42.2 Å². The van der Waals surface area contributed by atoms with Gasteiger partial charge >= 0.3 is 0 Å². The van der Waals surface area contributed by atoms with Gasteiger partial charge in [-0.1, -0.05) is 0 Å². The molecule has 1 saturated heterocycles. The zero-order valence-corrected chi connectivity index (χ0v) is 11.2. The number of nitrogens with zero attached hydrogens (tertiary/aromatic N) is 3. The van der Waals surface area contributed by atoms with Crippen LogP contribution in [0.4, 0.5) is 17.6 Å². The predicted molar refractivity (Wildman–Crippen MR) is 76.2 cm³/mol. The Morgan fingerprint density at radius 3 is 2.75 bits per heavy atom. The van der Waals surface area contributed by atoms with Gasteiger partial charge < -0.3 is 26.8 Å². The molecule has 1 aliphatic rings. The number of primary amides is 1. The van der Waals surface area contributed by atoms with E-state index in [1.165, 1.54) is 0 Å². The Hall–Kier alpha value is -2.09. The summed E-state index contributed by atoms with van der Waals surface area (Å²) in [4.78, 5) is 21.5. The molecule has 1 amide bonds. The maximum absolute atomic E-state index is 11.1. The molecule has 2 heterocycles. The molecular weight excluding hydrogens is 260 g/mol. The summed E-state index contributed by atoms with van der Waals surface area (Å²) in [5.41, 5.74) is 11.0. The third-order valence-electron chi connectivity index (χ3n) is 3.37. The molecule has 0 bridgehead atoms. The fraction of sp³-hybridized carbons (Fsp3) is 0.583. The molecule has 0 spiro atoms. The Kier molecular flexibility index (Phi) is 4.57. The largest absolute Gasteiger partial charge is 0.395 e. The summed E-state index contributed by atoms with van der Waals surface area (Å²) in [7, 11) is 0. The summed E-state index contributed by atoms with van der Waals surface area (Å²) >= 11 is 0. The lowest BCUT2D eigenvalue weighted by molar-refractivity contribution is -0.122. The molecule has 6 N–H and O–H groups in total. The SMILES string of the molecule is NC(=O)C1CCN(c2cc(NCCO)nc(N)n2)CC1. The van der Waals surface area contributed by atoms with Crippen molar-refractivity contribution in [1.82, 2.24) is 9.97 Å². The lowest BCUT2D eigenvalue weighted by Gasteiger charge is -2.31. The van der Waals surface area contributed by atoms with Crippen LogP contribution in [0.5, 0.6) is 0 Å². The topological polar surface area (TPSA) is 130 Å². The van der Waals surface area contributed by atoms with Crippen molar-refractivity contribution in [2.45, 2.75) is 12.8 Å². The van der Waals surface area contributed by atoms with E-state index in [9.17, 15) is 4.79 Å². The van der Waals surface area contributed by atoms with Crippen molar-refractivity contribution >= 4 is 23.5 Å². The van der Waals surface area contributed by atoms with E-state index in [0.29, 0.717) is 25.5 Å². The fourth-order valence-electron chi connectivity index (χ4n) is 2.28. The van der Waals surface area contributed by atoms with Gasteiger partial charge in [-0.25, -0.2) is 0 Å². The first-order chi connectivity index (χ1) is 9.60. The molecule has 1 aromatic rings. The molecule has 0 unspecified atom stereocenters. The summed E-state index contributed by atoms with van der Waals surface area (Å²) in [6, 6.07) is 1.79. The van der Waals surface area contributed by atoms with Crippen LogP contribution < -0.4 is 21.7 Å². The number of aromatic nitrogens is 2. The lowest BCUT2D eigenvalue weighted by Crippen LogP contribution is -2.39. The van der Waals surface area contributed by atoms with Crippen LogP contribution in [0.3, 0.4) is 0 Å². The minimum Gasteiger partial charge on any atom is -0.395 e. The number of hydrogen-bond acceptors (Lipinski definition) is 7. The number of piperidine rings is 1. The smallest absolute Gasteiger partial charge is 0.223 e. The van der Waals surface area contributed by atoms with Crippen LogP contribution >= 0.6 is 0 Å². The van der Waals surface area contributed by atoms with Crippen molar-refractivity contribution in [3.8, 4) is 0 Å². The first-order valence-corrected chi connectivity index (χ1v) is 6.63. The van der Waals surface area contributed by atoms with Crippen molar-refractivity contribution < 1.29 is 9.90 Å². The molecule has 2 rings (SSSR count). The average Bonchev–Trinajstić information content (AvgIpc) is 2.44. The maximum atomic E-state index is 11.1. The Labute approximate surface area is 117 Å². The summed E-state index contributed by atoms with van der Waals surface area (Å²) < 4.78 is 0. The Balaban J connectivity index is 2.05. The number of anilines is 3. The van der Waals surface area contributed by atoms with E-state index in [0.717, 1.165) is 18.7 Å². The van der Waals surface area contributed by atoms with E-state index >= 15 is 0 Å². The minimum atomic E-state index is -0.239. The zero-order valence-electron chi connectivity index (χ0n) is 11.2. The first kappa shape index (κ1) is 14.3. The first-order valence-electron chi connectivity index (χ1n) is 6.63. The molecule has 20 heavy (non-hydrogen) atoms. The molecule has 1 aromatic heterocycles. The van der Waals surface area contributed by atoms with Crippen LogP contribution in [-0.2, 0) is 4.79 Å². The van der Waals surface area contributed by atoms with Gasteiger partial charge in [-0.2, -0.15) is 9.97 Å². The number of rotatable bonds is 5. The van der Waals surface area contributed by atoms with Gasteiger partial charge in [0.1, 0.15) is 11.6 Å². The number of hydrogen-bond donors (Lipinski definition) is 4. The average molecular weight is 280 g/mol.